The Labute approximate surface area is 88.1 Å². The normalized spacial score (nSPS) is 38.8. The van der Waals surface area contributed by atoms with Gasteiger partial charge in [0.25, 0.3) is 0 Å². The van der Waals surface area contributed by atoms with Crippen molar-refractivity contribution in [3.8, 4) is 0 Å². The first-order chi connectivity index (χ1) is 7.28. The summed E-state index contributed by atoms with van der Waals surface area (Å²) >= 11 is 0. The van der Waals surface area contributed by atoms with Crippen molar-refractivity contribution in [1.82, 2.24) is 15.0 Å². The molecule has 1 aromatic heterocycles. The van der Waals surface area contributed by atoms with Gasteiger partial charge in [0.1, 0.15) is 0 Å². The molecular weight excluding hydrogens is 194 g/mol. The molecule has 5 nitrogen and oxygen atoms in total. The molecule has 1 N–H and O–H groups in total. The first-order valence-electron chi connectivity index (χ1n) is 5.41. The summed E-state index contributed by atoms with van der Waals surface area (Å²) in [6.45, 7) is 5.19. The van der Waals surface area contributed by atoms with Crippen LogP contribution in [0.5, 0.6) is 0 Å². The van der Waals surface area contributed by atoms with Crippen LogP contribution in [0.2, 0.25) is 0 Å². The molecule has 2 saturated heterocycles. The summed E-state index contributed by atoms with van der Waals surface area (Å²) in [7, 11) is 0. The Balaban J connectivity index is 1.84. The number of hydrogen-bond acceptors (Lipinski definition) is 5. The van der Waals surface area contributed by atoms with Crippen molar-refractivity contribution >= 4 is 0 Å². The zero-order chi connectivity index (χ0) is 10.4. The van der Waals surface area contributed by atoms with Crippen molar-refractivity contribution in [3.05, 3.63) is 11.7 Å². The van der Waals surface area contributed by atoms with Gasteiger partial charge in [0.05, 0.1) is 5.92 Å². The zero-order valence-corrected chi connectivity index (χ0v) is 8.76. The second-order valence-electron chi connectivity index (χ2n) is 4.61. The van der Waals surface area contributed by atoms with Crippen molar-refractivity contribution in [1.29, 1.82) is 0 Å². The van der Waals surface area contributed by atoms with Crippen LogP contribution in [0.3, 0.4) is 0 Å². The van der Waals surface area contributed by atoms with Crippen LogP contribution in [-0.2, 0) is 0 Å². The van der Waals surface area contributed by atoms with Crippen LogP contribution >= 0.6 is 0 Å². The minimum atomic E-state index is 0.269. The monoisotopic (exact) mass is 209 g/mol. The lowest BCUT2D eigenvalue weighted by Crippen LogP contribution is -2.31. The molecule has 5 heteroatoms. The predicted molar refractivity (Wildman–Crippen MR) is 52.3 cm³/mol. The fourth-order valence-corrected chi connectivity index (χ4v) is 2.93. The van der Waals surface area contributed by atoms with Crippen LogP contribution in [0.1, 0.15) is 17.6 Å². The Morgan fingerprint density at radius 2 is 2.33 bits per heavy atom. The minimum Gasteiger partial charge on any atom is -0.396 e. The standard InChI is InChI=1S/C10H15N3O2/c1-6-11-10(15-12-6)9-4-13-2-7(5-14)8(9)3-13/h7-9,14H,2-5H2,1H3. The Morgan fingerprint density at radius 3 is 2.93 bits per heavy atom. The lowest BCUT2D eigenvalue weighted by Gasteiger charge is -2.25. The van der Waals surface area contributed by atoms with E-state index in [9.17, 15) is 5.11 Å². The molecule has 0 spiro atoms. The summed E-state index contributed by atoms with van der Waals surface area (Å²) in [5.41, 5.74) is 0. The van der Waals surface area contributed by atoms with Crippen LogP contribution in [0, 0.1) is 18.8 Å². The third-order valence-electron chi connectivity index (χ3n) is 3.63. The fourth-order valence-electron chi connectivity index (χ4n) is 2.93. The molecule has 0 saturated carbocycles. The van der Waals surface area contributed by atoms with Crippen LogP contribution in [0.4, 0.5) is 0 Å². The van der Waals surface area contributed by atoms with E-state index in [1.807, 2.05) is 6.92 Å². The van der Waals surface area contributed by atoms with E-state index < -0.39 is 0 Å². The van der Waals surface area contributed by atoms with Crippen molar-refractivity contribution in [3.63, 3.8) is 0 Å². The summed E-state index contributed by atoms with van der Waals surface area (Å²) < 4.78 is 5.22. The van der Waals surface area contributed by atoms with E-state index in [2.05, 4.69) is 15.0 Å². The predicted octanol–water partition coefficient (Wildman–Crippen LogP) is 0.0155. The zero-order valence-electron chi connectivity index (χ0n) is 8.76. The molecule has 3 rings (SSSR count). The van der Waals surface area contributed by atoms with E-state index in [0.29, 0.717) is 23.6 Å². The maximum atomic E-state index is 9.26. The second kappa shape index (κ2) is 3.28. The van der Waals surface area contributed by atoms with Crippen molar-refractivity contribution in [2.24, 2.45) is 11.8 Å². The molecule has 0 radical (unpaired) electrons. The lowest BCUT2D eigenvalue weighted by molar-refractivity contribution is 0.154. The van der Waals surface area contributed by atoms with Crippen molar-refractivity contribution < 1.29 is 9.63 Å². The van der Waals surface area contributed by atoms with Gasteiger partial charge in [-0.1, -0.05) is 5.16 Å². The topological polar surface area (TPSA) is 62.4 Å². The summed E-state index contributed by atoms with van der Waals surface area (Å²) in [5, 5.41) is 13.1. The minimum absolute atomic E-state index is 0.269. The summed E-state index contributed by atoms with van der Waals surface area (Å²) in [6.07, 6.45) is 0. The number of aliphatic hydroxyl groups is 1. The number of piperidine rings is 1. The van der Waals surface area contributed by atoms with Gasteiger partial charge >= 0.3 is 0 Å². The Bertz CT molecular complexity index is 365. The van der Waals surface area contributed by atoms with Gasteiger partial charge in [-0.15, -0.1) is 0 Å². The number of hydrogen-bond donors (Lipinski definition) is 1. The highest BCUT2D eigenvalue weighted by Crippen LogP contribution is 2.42. The van der Waals surface area contributed by atoms with Gasteiger partial charge in [-0.05, 0) is 18.8 Å². The average Bonchev–Trinajstić information content (AvgIpc) is 2.90. The SMILES string of the molecule is Cc1noc(C2CN3CC(CO)C2C3)n1. The molecule has 2 aliphatic rings. The largest absolute Gasteiger partial charge is 0.396 e. The smallest absolute Gasteiger partial charge is 0.231 e. The summed E-state index contributed by atoms with van der Waals surface area (Å²) in [4.78, 5) is 6.66. The molecule has 82 valence electrons. The molecule has 0 aromatic carbocycles. The quantitative estimate of drug-likeness (QED) is 0.743. The first kappa shape index (κ1) is 9.30. The highest BCUT2D eigenvalue weighted by molar-refractivity contribution is 5.08. The highest BCUT2D eigenvalue weighted by Gasteiger charge is 2.47. The Hall–Kier alpha value is -0.940. The Morgan fingerprint density at radius 1 is 1.47 bits per heavy atom. The van der Waals surface area contributed by atoms with E-state index in [0.717, 1.165) is 25.5 Å². The maximum Gasteiger partial charge on any atom is 0.231 e. The molecule has 15 heavy (non-hydrogen) atoms. The highest BCUT2D eigenvalue weighted by atomic mass is 16.5. The molecule has 2 bridgehead atoms. The van der Waals surface area contributed by atoms with Gasteiger partial charge in [0.2, 0.25) is 5.89 Å². The molecule has 2 aliphatic heterocycles. The molecule has 3 heterocycles. The third kappa shape index (κ3) is 1.38. The number of fused-ring (bicyclic) bond motifs is 2. The van der Waals surface area contributed by atoms with E-state index >= 15 is 0 Å². The van der Waals surface area contributed by atoms with Crippen LogP contribution in [0.15, 0.2) is 4.52 Å². The molecule has 4 atom stereocenters. The molecule has 4 unspecified atom stereocenters. The molecule has 0 aliphatic carbocycles. The number of aryl methyl sites for hydroxylation is 1. The van der Waals surface area contributed by atoms with Crippen LogP contribution in [-0.4, -0.2) is 46.4 Å². The number of rotatable bonds is 2. The van der Waals surface area contributed by atoms with Crippen molar-refractivity contribution in [2.45, 2.75) is 12.8 Å². The van der Waals surface area contributed by atoms with Crippen LogP contribution < -0.4 is 0 Å². The van der Waals surface area contributed by atoms with Crippen molar-refractivity contribution in [2.75, 3.05) is 26.2 Å². The average molecular weight is 209 g/mol. The second-order valence-corrected chi connectivity index (χ2v) is 4.61. The number of aromatic nitrogens is 2. The molecule has 2 fully saturated rings. The van der Waals surface area contributed by atoms with E-state index in [1.165, 1.54) is 0 Å². The third-order valence-corrected chi connectivity index (χ3v) is 3.63. The first-order valence-corrected chi connectivity index (χ1v) is 5.41. The van der Waals surface area contributed by atoms with Gasteiger partial charge in [0, 0.05) is 26.2 Å². The van der Waals surface area contributed by atoms with Crippen LogP contribution in [0.25, 0.3) is 0 Å². The van der Waals surface area contributed by atoms with Gasteiger partial charge < -0.3 is 14.5 Å². The fraction of sp³-hybridized carbons (Fsp3) is 0.800. The number of aliphatic hydroxyl groups excluding tert-OH is 1. The molecular formula is C10H15N3O2. The van der Waals surface area contributed by atoms with Gasteiger partial charge in [-0.3, -0.25) is 0 Å². The maximum absolute atomic E-state index is 9.26. The van der Waals surface area contributed by atoms with Gasteiger partial charge in [-0.25, -0.2) is 0 Å². The van der Waals surface area contributed by atoms with Gasteiger partial charge in [-0.2, -0.15) is 4.98 Å². The number of nitrogens with zero attached hydrogens (tertiary/aromatic N) is 3. The van der Waals surface area contributed by atoms with Gasteiger partial charge in [0.15, 0.2) is 5.82 Å². The lowest BCUT2D eigenvalue weighted by atomic mass is 9.84. The summed E-state index contributed by atoms with van der Waals surface area (Å²) in [6, 6.07) is 0. The Kier molecular flexibility index (Phi) is 2.03. The summed E-state index contributed by atoms with van der Waals surface area (Å²) in [5.74, 6) is 2.66. The van der Waals surface area contributed by atoms with E-state index in [4.69, 9.17) is 4.52 Å². The molecule has 0 amide bonds. The molecule has 1 aromatic rings. The van der Waals surface area contributed by atoms with E-state index in [1.54, 1.807) is 0 Å². The van der Waals surface area contributed by atoms with E-state index in [-0.39, 0.29) is 6.61 Å².